The summed E-state index contributed by atoms with van der Waals surface area (Å²) in [7, 11) is 5.30. The van der Waals surface area contributed by atoms with Crippen LogP contribution >= 0.6 is 0 Å². The maximum atomic E-state index is 13.7. The van der Waals surface area contributed by atoms with Crippen LogP contribution in [0.4, 0.5) is 0 Å². The summed E-state index contributed by atoms with van der Waals surface area (Å²) in [5.74, 6) is -1.96. The molecule has 0 fully saturated rings. The van der Waals surface area contributed by atoms with Crippen LogP contribution in [0.5, 0.6) is 0 Å². The Kier molecular flexibility index (Phi) is 10.3. The monoisotopic (exact) mass is 732 g/mol. The van der Waals surface area contributed by atoms with E-state index in [0.29, 0.717) is 46.7 Å². The molecule has 1 atom stereocenters. The number of carbonyl (C=O) groups excluding carboxylic acids is 4. The van der Waals surface area contributed by atoms with E-state index in [9.17, 15) is 19.2 Å². The van der Waals surface area contributed by atoms with Crippen LogP contribution in [0.2, 0.25) is 0 Å². The van der Waals surface area contributed by atoms with Crippen molar-refractivity contribution in [2.45, 2.75) is 65.2 Å². The lowest BCUT2D eigenvalue weighted by atomic mass is 9.68. The van der Waals surface area contributed by atoms with Crippen molar-refractivity contribution < 1.29 is 38.1 Å². The lowest BCUT2D eigenvalue weighted by molar-refractivity contribution is -0.141. The number of H-pyrrole nitrogens is 2. The number of hydrogen-bond donors (Lipinski definition) is 2. The van der Waals surface area contributed by atoms with Crippen molar-refractivity contribution in [2.75, 3.05) is 28.4 Å². The Balaban J connectivity index is 1.76. The predicted molar refractivity (Wildman–Crippen MR) is 206 cm³/mol. The second-order valence-electron chi connectivity index (χ2n) is 13.6. The summed E-state index contributed by atoms with van der Waals surface area (Å²) in [4.78, 5) is 68.9. The molecular weight excluding hydrogens is 688 g/mol. The minimum atomic E-state index is -1.21. The number of hydrogen-bond acceptors (Lipinski definition) is 10. The summed E-state index contributed by atoms with van der Waals surface area (Å²) in [5.41, 5.74) is 10.6. The van der Waals surface area contributed by atoms with E-state index >= 15 is 0 Å². The van der Waals surface area contributed by atoms with Crippen molar-refractivity contribution >= 4 is 68.7 Å². The first-order valence-corrected chi connectivity index (χ1v) is 17.6. The number of esters is 4. The van der Waals surface area contributed by atoms with Gasteiger partial charge in [-0.3, -0.25) is 14.6 Å². The van der Waals surface area contributed by atoms with Crippen molar-refractivity contribution in [1.29, 1.82) is 0 Å². The highest BCUT2D eigenvalue weighted by atomic mass is 16.5. The first kappa shape index (κ1) is 37.7. The van der Waals surface area contributed by atoms with Crippen LogP contribution < -0.4 is 0 Å². The topological polar surface area (TPSA) is 163 Å². The lowest BCUT2D eigenvalue weighted by Crippen LogP contribution is -2.34. The summed E-state index contributed by atoms with van der Waals surface area (Å²) >= 11 is 0. The third-order valence-corrected chi connectivity index (χ3v) is 10.8. The molecule has 2 aliphatic heterocycles. The molecule has 0 amide bonds. The molecule has 1 unspecified atom stereocenters. The van der Waals surface area contributed by atoms with Gasteiger partial charge in [0, 0.05) is 40.5 Å². The van der Waals surface area contributed by atoms with Crippen LogP contribution in [0.1, 0.15) is 84.6 Å². The molecule has 0 radical (unpaired) electrons. The van der Waals surface area contributed by atoms with E-state index in [1.54, 1.807) is 6.08 Å². The van der Waals surface area contributed by atoms with Gasteiger partial charge in [-0.25, -0.2) is 14.6 Å². The van der Waals surface area contributed by atoms with Crippen LogP contribution in [0.15, 0.2) is 48.1 Å². The maximum absolute atomic E-state index is 13.7. The molecule has 5 heterocycles. The highest BCUT2D eigenvalue weighted by Gasteiger charge is 2.49. The molecule has 0 saturated carbocycles. The van der Waals surface area contributed by atoms with Crippen molar-refractivity contribution in [2.24, 2.45) is 0 Å². The molecule has 3 aliphatic rings. The van der Waals surface area contributed by atoms with E-state index < -0.39 is 17.4 Å². The minimum absolute atomic E-state index is 0.125. The second kappa shape index (κ2) is 14.8. The average molecular weight is 733 g/mol. The third kappa shape index (κ3) is 6.35. The fourth-order valence-electron chi connectivity index (χ4n) is 7.75. The van der Waals surface area contributed by atoms with E-state index in [-0.39, 0.29) is 42.3 Å². The average Bonchev–Trinajstić information content (AvgIpc) is 3.82. The SMILES string of the molecule is C=Cc1c(C)c2cc3[nH]c(cc4nc(cc5nc(cc1[nH]2)C1(C)C5=CCC(C(=O)OC)=C1C(=O)OC)C(C)=C4CCC(=O)OC)c(CCC(=O)OC)c3C. The van der Waals surface area contributed by atoms with Crippen LogP contribution in [-0.4, -0.2) is 72.3 Å². The number of aryl methyl sites for hydroxylation is 3. The highest BCUT2D eigenvalue weighted by Crippen LogP contribution is 2.52. The number of aromatic nitrogens is 4. The van der Waals surface area contributed by atoms with Crippen LogP contribution in [0, 0.1) is 13.8 Å². The standard InChI is InChI=1S/C42H44N4O8/c1-10-24-21(2)29-17-30-22(3)25(12-15-37(47)51-6)32(43-30)19-33-26(13-16-38(48)52-7)23(4)31(44-33)18-35-28-14-11-27(40(49)53-8)39(41(50)54-9)42(28,5)36(46-35)20-34(24)45-29/h10,14,17-20,43,45H,1,11-13,15-16H2,2-9H3. The van der Waals surface area contributed by atoms with E-state index in [2.05, 4.69) is 16.5 Å². The fraction of sp³-hybridized carbons (Fsp3) is 0.333. The Bertz CT molecular complexity index is 2410. The number of ether oxygens (including phenoxy) is 4. The summed E-state index contributed by atoms with van der Waals surface area (Å²) in [6, 6.07) is 7.72. The number of nitrogens with zero attached hydrogens (tertiary/aromatic N) is 2. The quantitative estimate of drug-likeness (QED) is 0.174. The zero-order valence-corrected chi connectivity index (χ0v) is 31.9. The first-order chi connectivity index (χ1) is 25.8. The van der Waals surface area contributed by atoms with Gasteiger partial charge in [-0.2, -0.15) is 0 Å². The largest absolute Gasteiger partial charge is 0.469 e. The normalized spacial score (nSPS) is 16.4. The van der Waals surface area contributed by atoms with Gasteiger partial charge in [-0.05, 0) is 105 Å². The van der Waals surface area contributed by atoms with Crippen LogP contribution in [-0.2, 0) is 50.0 Å². The molecular formula is C42H44N4O8. The Labute approximate surface area is 313 Å². The third-order valence-electron chi connectivity index (χ3n) is 10.8. The van der Waals surface area contributed by atoms with Gasteiger partial charge in [0.25, 0.3) is 0 Å². The van der Waals surface area contributed by atoms with Gasteiger partial charge in [0.15, 0.2) is 0 Å². The van der Waals surface area contributed by atoms with E-state index in [1.807, 2.05) is 58.0 Å². The Morgan fingerprint density at radius 1 is 0.759 bits per heavy atom. The van der Waals surface area contributed by atoms with Crippen LogP contribution in [0.3, 0.4) is 0 Å². The smallest absolute Gasteiger partial charge is 0.335 e. The molecule has 8 bridgehead atoms. The van der Waals surface area contributed by atoms with Crippen molar-refractivity contribution in [3.8, 4) is 0 Å². The predicted octanol–water partition coefficient (Wildman–Crippen LogP) is 6.95. The van der Waals surface area contributed by atoms with Gasteiger partial charge in [0.2, 0.25) is 0 Å². The molecule has 1 aliphatic carbocycles. The van der Waals surface area contributed by atoms with Crippen molar-refractivity contribution in [3.05, 3.63) is 93.1 Å². The molecule has 0 spiro atoms. The molecule has 6 rings (SSSR count). The molecule has 0 saturated heterocycles. The van der Waals surface area contributed by atoms with Gasteiger partial charge in [0.05, 0.1) is 67.8 Å². The number of carbonyl (C=O) groups is 4. The van der Waals surface area contributed by atoms with Gasteiger partial charge < -0.3 is 28.9 Å². The summed E-state index contributed by atoms with van der Waals surface area (Å²) in [6.07, 6.45) is 4.91. The molecule has 280 valence electrons. The Morgan fingerprint density at radius 2 is 1.41 bits per heavy atom. The number of aromatic amines is 2. The molecule has 0 aromatic carbocycles. The van der Waals surface area contributed by atoms with Crippen LogP contribution in [0.25, 0.3) is 44.9 Å². The highest BCUT2D eigenvalue weighted by molar-refractivity contribution is 6.08. The number of fused-ring (bicyclic) bond motifs is 11. The Morgan fingerprint density at radius 3 is 2.06 bits per heavy atom. The van der Waals surface area contributed by atoms with Crippen molar-refractivity contribution in [3.63, 3.8) is 0 Å². The van der Waals surface area contributed by atoms with E-state index in [1.165, 1.54) is 28.4 Å². The van der Waals surface area contributed by atoms with Gasteiger partial charge in [0.1, 0.15) is 0 Å². The number of methoxy groups -OCH3 is 4. The first-order valence-electron chi connectivity index (χ1n) is 17.6. The summed E-state index contributed by atoms with van der Waals surface area (Å²) in [6.45, 7) is 11.9. The molecule has 12 nitrogen and oxygen atoms in total. The van der Waals surface area contributed by atoms with Crippen molar-refractivity contribution in [1.82, 2.24) is 19.9 Å². The number of allylic oxidation sites excluding steroid dienone is 4. The molecule has 3 aromatic rings. The number of nitrogens with one attached hydrogen (secondary N) is 2. The zero-order valence-electron chi connectivity index (χ0n) is 31.9. The number of rotatable bonds is 9. The summed E-state index contributed by atoms with van der Waals surface area (Å²) < 4.78 is 20.4. The van der Waals surface area contributed by atoms with E-state index in [0.717, 1.165) is 50.0 Å². The fourth-order valence-corrected chi connectivity index (χ4v) is 7.75. The summed E-state index contributed by atoms with van der Waals surface area (Å²) in [5, 5.41) is 0. The molecule has 3 aromatic heterocycles. The molecule has 54 heavy (non-hydrogen) atoms. The maximum Gasteiger partial charge on any atom is 0.335 e. The van der Waals surface area contributed by atoms with E-state index in [4.69, 9.17) is 28.9 Å². The lowest BCUT2D eigenvalue weighted by Gasteiger charge is -2.32. The minimum Gasteiger partial charge on any atom is -0.469 e. The second-order valence-corrected chi connectivity index (χ2v) is 13.6. The van der Waals surface area contributed by atoms with Gasteiger partial charge in [-0.1, -0.05) is 18.7 Å². The van der Waals surface area contributed by atoms with Gasteiger partial charge in [-0.15, -0.1) is 0 Å². The Hall–Kier alpha value is -6.04. The molecule has 12 heteroatoms. The zero-order chi connectivity index (χ0) is 39.1. The van der Waals surface area contributed by atoms with Gasteiger partial charge >= 0.3 is 23.9 Å². The molecule has 2 N–H and O–H groups in total.